The summed E-state index contributed by atoms with van der Waals surface area (Å²) in [5.74, 6) is 0. The van der Waals surface area contributed by atoms with Crippen molar-refractivity contribution in [1.29, 1.82) is 0 Å². The standard InChI is InChI=1S/C8H14NO.C5H12O.C2H6.K/c10-7-8-3-1-5-9(8)6-2-4-8;1-5(2,3)6-4;1-2;/h1-7H2;1-4H3;1-2H3;/q-1;;;+1. The molecule has 110 valence electrons. The van der Waals surface area contributed by atoms with Crippen LogP contribution < -0.4 is 56.5 Å². The third-order valence-corrected chi connectivity index (χ3v) is 3.69. The van der Waals surface area contributed by atoms with Gasteiger partial charge in [-0.25, -0.2) is 0 Å². The number of ether oxygens (including phenoxy) is 1. The first kappa shape index (κ1) is 22.8. The molecule has 0 saturated carbocycles. The molecule has 2 aliphatic rings. The monoisotopic (exact) mass is 297 g/mol. The van der Waals surface area contributed by atoms with Crippen molar-refractivity contribution in [2.75, 3.05) is 26.8 Å². The molecule has 0 aliphatic carbocycles. The minimum atomic E-state index is 0. The number of rotatable bonds is 1. The van der Waals surface area contributed by atoms with Gasteiger partial charge in [-0.1, -0.05) is 13.8 Å². The first-order chi connectivity index (χ1) is 8.43. The Hall–Kier alpha value is 1.52. The van der Waals surface area contributed by atoms with Crippen molar-refractivity contribution in [3.05, 3.63) is 0 Å². The van der Waals surface area contributed by atoms with E-state index in [0.717, 1.165) is 12.8 Å². The van der Waals surface area contributed by atoms with Gasteiger partial charge in [-0.2, -0.15) is 0 Å². The van der Waals surface area contributed by atoms with Crippen LogP contribution in [0.15, 0.2) is 0 Å². The van der Waals surface area contributed by atoms with E-state index in [1.54, 1.807) is 7.11 Å². The Balaban J connectivity index is 0. The Morgan fingerprint density at radius 1 is 1.11 bits per heavy atom. The van der Waals surface area contributed by atoms with Gasteiger partial charge in [0.15, 0.2) is 0 Å². The smallest absolute Gasteiger partial charge is 0.853 e. The van der Waals surface area contributed by atoms with Crippen molar-refractivity contribution in [3.8, 4) is 0 Å². The second-order valence-corrected chi connectivity index (χ2v) is 5.88. The van der Waals surface area contributed by atoms with Gasteiger partial charge in [0, 0.05) is 12.6 Å². The van der Waals surface area contributed by atoms with Crippen molar-refractivity contribution in [3.63, 3.8) is 0 Å². The van der Waals surface area contributed by atoms with Crippen LogP contribution >= 0.6 is 0 Å². The predicted molar refractivity (Wildman–Crippen MR) is 75.7 cm³/mol. The average molecular weight is 298 g/mol. The first-order valence-electron chi connectivity index (χ1n) is 7.32. The molecule has 0 amide bonds. The van der Waals surface area contributed by atoms with Crippen LogP contribution in [0.5, 0.6) is 0 Å². The van der Waals surface area contributed by atoms with Crippen molar-refractivity contribution in [2.24, 2.45) is 0 Å². The topological polar surface area (TPSA) is 35.5 Å². The summed E-state index contributed by atoms with van der Waals surface area (Å²) in [4.78, 5) is 2.40. The van der Waals surface area contributed by atoms with Gasteiger partial charge in [-0.05, 0) is 59.5 Å². The van der Waals surface area contributed by atoms with E-state index in [-0.39, 0.29) is 69.1 Å². The molecule has 0 bridgehead atoms. The number of methoxy groups -OCH3 is 1. The fraction of sp³-hybridized carbons (Fsp3) is 1.00. The third-order valence-electron chi connectivity index (χ3n) is 3.69. The summed E-state index contributed by atoms with van der Waals surface area (Å²) in [7, 11) is 1.71. The number of hydrogen-bond donors (Lipinski definition) is 0. The van der Waals surface area contributed by atoms with Crippen molar-refractivity contribution >= 4 is 0 Å². The molecule has 4 heteroatoms. The Kier molecular flexibility index (Phi) is 13.4. The maximum Gasteiger partial charge on any atom is 1.00 e. The van der Waals surface area contributed by atoms with E-state index in [1.807, 2.05) is 34.6 Å². The molecule has 0 radical (unpaired) electrons. The molecule has 19 heavy (non-hydrogen) atoms. The average Bonchev–Trinajstić information content (AvgIpc) is 2.90. The van der Waals surface area contributed by atoms with Crippen molar-refractivity contribution in [2.45, 2.75) is 71.4 Å². The summed E-state index contributed by atoms with van der Waals surface area (Å²) in [5.41, 5.74) is 0.167. The van der Waals surface area contributed by atoms with E-state index in [2.05, 4.69) is 4.90 Å². The van der Waals surface area contributed by atoms with Crippen molar-refractivity contribution in [1.82, 2.24) is 4.90 Å². The van der Waals surface area contributed by atoms with E-state index in [9.17, 15) is 5.11 Å². The van der Waals surface area contributed by atoms with Crippen LogP contribution in [-0.2, 0) is 4.74 Å². The van der Waals surface area contributed by atoms with Gasteiger partial charge in [0.2, 0.25) is 0 Å². The summed E-state index contributed by atoms with van der Waals surface area (Å²) in [6.07, 6.45) is 4.83. The SMILES string of the molecule is CC.COC(C)(C)C.[K+].[O-]CC12CCCN1CCC2. The zero-order valence-corrected chi connectivity index (χ0v) is 17.3. The molecule has 0 aromatic heterocycles. The Bertz CT molecular complexity index is 207. The van der Waals surface area contributed by atoms with Crippen LogP contribution in [0.1, 0.15) is 60.3 Å². The van der Waals surface area contributed by atoms with E-state index < -0.39 is 0 Å². The van der Waals surface area contributed by atoms with Gasteiger partial charge in [0.05, 0.1) is 5.60 Å². The van der Waals surface area contributed by atoms with Crippen LogP contribution in [0.25, 0.3) is 0 Å². The molecule has 2 rings (SSSR count). The van der Waals surface area contributed by atoms with E-state index in [1.165, 1.54) is 25.9 Å². The Morgan fingerprint density at radius 3 is 1.68 bits per heavy atom. The Labute approximate surface area is 162 Å². The second-order valence-electron chi connectivity index (χ2n) is 5.88. The van der Waals surface area contributed by atoms with Crippen LogP contribution in [0, 0.1) is 0 Å². The molecular formula is C15H32KNO2. The normalized spacial score (nSPS) is 20.4. The van der Waals surface area contributed by atoms with Gasteiger partial charge in [-0.3, -0.25) is 4.90 Å². The van der Waals surface area contributed by atoms with Crippen LogP contribution in [0.2, 0.25) is 0 Å². The minimum Gasteiger partial charge on any atom is -0.853 e. The second kappa shape index (κ2) is 11.1. The van der Waals surface area contributed by atoms with Crippen molar-refractivity contribution < 1.29 is 61.2 Å². The summed E-state index contributed by atoms with van der Waals surface area (Å²) >= 11 is 0. The number of nitrogens with zero attached hydrogens (tertiary/aromatic N) is 1. The molecule has 2 fully saturated rings. The molecule has 0 aromatic rings. The third kappa shape index (κ3) is 7.91. The maximum absolute atomic E-state index is 10.9. The molecule has 0 spiro atoms. The molecule has 2 heterocycles. The van der Waals surface area contributed by atoms with E-state index in [4.69, 9.17) is 4.74 Å². The predicted octanol–water partition coefficient (Wildman–Crippen LogP) is -0.563. The summed E-state index contributed by atoms with van der Waals surface area (Å²) in [5, 5.41) is 10.9. The Morgan fingerprint density at radius 2 is 1.47 bits per heavy atom. The van der Waals surface area contributed by atoms with Gasteiger partial charge < -0.3 is 9.84 Å². The van der Waals surface area contributed by atoms with Gasteiger partial charge in [0.1, 0.15) is 0 Å². The van der Waals surface area contributed by atoms with Crippen LogP contribution in [0.4, 0.5) is 0 Å². The molecule has 2 aliphatic heterocycles. The zero-order chi connectivity index (χ0) is 14.2. The molecule has 0 N–H and O–H groups in total. The summed E-state index contributed by atoms with van der Waals surface area (Å²) < 4.78 is 4.94. The number of fused-ring (bicyclic) bond motifs is 1. The molecule has 2 saturated heterocycles. The molecule has 3 nitrogen and oxygen atoms in total. The number of hydrogen-bond acceptors (Lipinski definition) is 3. The fourth-order valence-corrected chi connectivity index (χ4v) is 2.46. The maximum atomic E-state index is 10.9. The quantitative estimate of drug-likeness (QED) is 0.609. The molecule has 0 unspecified atom stereocenters. The first-order valence-corrected chi connectivity index (χ1v) is 7.32. The molecule has 0 aromatic carbocycles. The minimum absolute atomic E-state index is 0. The summed E-state index contributed by atoms with van der Waals surface area (Å²) in [6, 6.07) is 0. The van der Waals surface area contributed by atoms with Gasteiger partial charge >= 0.3 is 51.4 Å². The van der Waals surface area contributed by atoms with Crippen LogP contribution in [-0.4, -0.2) is 42.8 Å². The van der Waals surface area contributed by atoms with E-state index in [0.29, 0.717) is 0 Å². The largest absolute Gasteiger partial charge is 1.00 e. The van der Waals surface area contributed by atoms with E-state index >= 15 is 0 Å². The fourth-order valence-electron chi connectivity index (χ4n) is 2.46. The summed E-state index contributed by atoms with van der Waals surface area (Å²) in [6.45, 7) is 12.6. The van der Waals surface area contributed by atoms with Gasteiger partial charge in [-0.15, -0.1) is 6.61 Å². The van der Waals surface area contributed by atoms with Crippen LogP contribution in [0.3, 0.4) is 0 Å². The molecular weight excluding hydrogens is 265 g/mol. The van der Waals surface area contributed by atoms with Gasteiger partial charge in [0.25, 0.3) is 0 Å². The zero-order valence-electron chi connectivity index (χ0n) is 14.2. The molecule has 0 atom stereocenters.